The zero-order valence-corrected chi connectivity index (χ0v) is 12.9. The Balaban J connectivity index is 1.98. The zero-order chi connectivity index (χ0) is 16.1. The Kier molecular flexibility index (Phi) is 4.88. The summed E-state index contributed by atoms with van der Waals surface area (Å²) in [5.41, 5.74) is 2.34. The summed E-state index contributed by atoms with van der Waals surface area (Å²) >= 11 is 0. The van der Waals surface area contributed by atoms with Crippen molar-refractivity contribution in [3.05, 3.63) is 59.3 Å². The molecular formula is C17H19N3O2. The van der Waals surface area contributed by atoms with Gasteiger partial charge in [-0.15, -0.1) is 0 Å². The monoisotopic (exact) mass is 297 g/mol. The summed E-state index contributed by atoms with van der Waals surface area (Å²) in [6.07, 6.45) is 0. The quantitative estimate of drug-likeness (QED) is 0.910. The van der Waals surface area contributed by atoms with Gasteiger partial charge in [0.2, 0.25) is 5.91 Å². The number of aromatic nitrogens is 1. The highest BCUT2D eigenvalue weighted by molar-refractivity contribution is 6.00. The molecule has 5 nitrogen and oxygen atoms in total. The number of pyridine rings is 1. The number of carbonyl (C=O) groups excluding carboxylic acids is 2. The fourth-order valence-electron chi connectivity index (χ4n) is 1.98. The lowest BCUT2D eigenvalue weighted by Gasteiger charge is -2.14. The Morgan fingerprint density at radius 3 is 2.50 bits per heavy atom. The maximum atomic E-state index is 12.1. The highest BCUT2D eigenvalue weighted by Gasteiger charge is 2.17. The molecule has 22 heavy (non-hydrogen) atoms. The highest BCUT2D eigenvalue weighted by Crippen LogP contribution is 2.06. The Morgan fingerprint density at radius 2 is 1.82 bits per heavy atom. The third-order valence-corrected chi connectivity index (χ3v) is 3.16. The molecule has 1 heterocycles. The van der Waals surface area contributed by atoms with Crippen LogP contribution in [0.3, 0.4) is 0 Å². The van der Waals surface area contributed by atoms with Gasteiger partial charge in [-0.05, 0) is 45.0 Å². The lowest BCUT2D eigenvalue weighted by Crippen LogP contribution is -2.41. The Morgan fingerprint density at radius 1 is 1.09 bits per heavy atom. The molecule has 1 atom stereocenters. The summed E-state index contributed by atoms with van der Waals surface area (Å²) in [5.74, 6) is -0.107. The standard InChI is InChI=1S/C17H19N3O2/c1-11-6-4-8-14(10-11)17(22)19-13(3)16(21)20-15-9-5-7-12(2)18-15/h4-10,13H,1-3H3,(H,19,22)(H,18,20,21)/t13-/m1/s1. The third kappa shape index (κ3) is 4.15. The first-order valence-electron chi connectivity index (χ1n) is 7.08. The van der Waals surface area contributed by atoms with Crippen LogP contribution < -0.4 is 10.6 Å². The van der Waals surface area contributed by atoms with Crippen molar-refractivity contribution in [1.82, 2.24) is 10.3 Å². The van der Waals surface area contributed by atoms with Crippen LogP contribution in [0.5, 0.6) is 0 Å². The van der Waals surface area contributed by atoms with E-state index in [1.807, 2.05) is 38.1 Å². The molecule has 5 heteroatoms. The average molecular weight is 297 g/mol. The molecule has 1 aromatic carbocycles. The second-order valence-corrected chi connectivity index (χ2v) is 5.22. The predicted molar refractivity (Wildman–Crippen MR) is 85.7 cm³/mol. The van der Waals surface area contributed by atoms with Crippen LogP contribution in [0.4, 0.5) is 5.82 Å². The van der Waals surface area contributed by atoms with Gasteiger partial charge in [-0.3, -0.25) is 9.59 Å². The molecule has 0 fully saturated rings. The number of benzene rings is 1. The first kappa shape index (κ1) is 15.7. The lowest BCUT2D eigenvalue weighted by molar-refractivity contribution is -0.117. The van der Waals surface area contributed by atoms with Crippen LogP contribution in [0, 0.1) is 13.8 Å². The Labute approximate surface area is 129 Å². The number of hydrogen-bond acceptors (Lipinski definition) is 3. The molecule has 1 aromatic heterocycles. The SMILES string of the molecule is Cc1cccc(C(=O)N[C@H](C)C(=O)Nc2cccc(C)n2)c1. The molecule has 2 N–H and O–H groups in total. The number of rotatable bonds is 4. The van der Waals surface area contributed by atoms with E-state index in [0.717, 1.165) is 11.3 Å². The van der Waals surface area contributed by atoms with Crippen molar-refractivity contribution in [3.8, 4) is 0 Å². The molecule has 0 spiro atoms. The van der Waals surface area contributed by atoms with Gasteiger partial charge in [-0.1, -0.05) is 23.8 Å². The largest absolute Gasteiger partial charge is 0.341 e. The molecule has 2 amide bonds. The molecule has 0 saturated heterocycles. The van der Waals surface area contributed by atoms with E-state index < -0.39 is 6.04 Å². The zero-order valence-electron chi connectivity index (χ0n) is 12.9. The van der Waals surface area contributed by atoms with Crippen LogP contribution in [0.1, 0.15) is 28.5 Å². The van der Waals surface area contributed by atoms with E-state index >= 15 is 0 Å². The van der Waals surface area contributed by atoms with Crippen molar-refractivity contribution in [3.63, 3.8) is 0 Å². The van der Waals surface area contributed by atoms with Crippen LogP contribution in [0.15, 0.2) is 42.5 Å². The van der Waals surface area contributed by atoms with E-state index in [1.165, 1.54) is 0 Å². The van der Waals surface area contributed by atoms with Crippen LogP contribution >= 0.6 is 0 Å². The van der Waals surface area contributed by atoms with Crippen LogP contribution in [0.25, 0.3) is 0 Å². The molecular weight excluding hydrogens is 278 g/mol. The Bertz CT molecular complexity index is 698. The molecule has 114 valence electrons. The molecule has 2 rings (SSSR count). The van der Waals surface area contributed by atoms with Crippen molar-refractivity contribution in [1.29, 1.82) is 0 Å². The second kappa shape index (κ2) is 6.85. The normalized spacial score (nSPS) is 11.6. The first-order valence-corrected chi connectivity index (χ1v) is 7.08. The van der Waals surface area contributed by atoms with E-state index in [0.29, 0.717) is 11.4 Å². The van der Waals surface area contributed by atoms with Crippen LogP contribution in [-0.4, -0.2) is 22.8 Å². The fourth-order valence-corrected chi connectivity index (χ4v) is 1.98. The van der Waals surface area contributed by atoms with Gasteiger partial charge >= 0.3 is 0 Å². The number of hydrogen-bond donors (Lipinski definition) is 2. The summed E-state index contributed by atoms with van der Waals surface area (Å²) in [6.45, 7) is 5.40. The number of nitrogens with one attached hydrogen (secondary N) is 2. The van der Waals surface area contributed by atoms with E-state index in [9.17, 15) is 9.59 Å². The van der Waals surface area contributed by atoms with Crippen molar-refractivity contribution >= 4 is 17.6 Å². The molecule has 0 aliphatic heterocycles. The number of nitrogens with zero attached hydrogens (tertiary/aromatic N) is 1. The van der Waals surface area contributed by atoms with Gasteiger partial charge in [0.25, 0.3) is 5.91 Å². The summed E-state index contributed by atoms with van der Waals surface area (Å²) in [5, 5.41) is 5.37. The number of aryl methyl sites for hydroxylation is 2. The number of anilines is 1. The van der Waals surface area contributed by atoms with Crippen molar-refractivity contribution in [2.24, 2.45) is 0 Å². The summed E-state index contributed by atoms with van der Waals surface area (Å²) in [7, 11) is 0. The summed E-state index contributed by atoms with van der Waals surface area (Å²) in [4.78, 5) is 28.4. The third-order valence-electron chi connectivity index (χ3n) is 3.16. The van der Waals surface area contributed by atoms with Crippen LogP contribution in [-0.2, 0) is 4.79 Å². The first-order chi connectivity index (χ1) is 10.5. The van der Waals surface area contributed by atoms with Gasteiger partial charge < -0.3 is 10.6 Å². The second-order valence-electron chi connectivity index (χ2n) is 5.22. The predicted octanol–water partition coefficient (Wildman–Crippen LogP) is 2.46. The van der Waals surface area contributed by atoms with Gasteiger partial charge in [0.15, 0.2) is 0 Å². The Hall–Kier alpha value is -2.69. The van der Waals surface area contributed by atoms with Crippen molar-refractivity contribution in [2.45, 2.75) is 26.8 Å². The van der Waals surface area contributed by atoms with E-state index in [1.54, 1.807) is 25.1 Å². The van der Waals surface area contributed by atoms with Gasteiger partial charge in [0.1, 0.15) is 11.9 Å². The average Bonchev–Trinajstić information content (AvgIpc) is 2.47. The fraction of sp³-hybridized carbons (Fsp3) is 0.235. The molecule has 0 bridgehead atoms. The molecule has 0 aliphatic rings. The minimum Gasteiger partial charge on any atom is -0.341 e. The maximum Gasteiger partial charge on any atom is 0.251 e. The highest BCUT2D eigenvalue weighted by atomic mass is 16.2. The molecule has 0 saturated carbocycles. The van der Waals surface area contributed by atoms with Crippen molar-refractivity contribution in [2.75, 3.05) is 5.32 Å². The van der Waals surface area contributed by atoms with E-state index in [2.05, 4.69) is 15.6 Å². The van der Waals surface area contributed by atoms with Gasteiger partial charge in [-0.2, -0.15) is 0 Å². The van der Waals surface area contributed by atoms with Crippen LogP contribution in [0.2, 0.25) is 0 Å². The summed E-state index contributed by atoms with van der Waals surface area (Å²) < 4.78 is 0. The molecule has 0 radical (unpaired) electrons. The number of amides is 2. The molecule has 0 unspecified atom stereocenters. The van der Waals surface area contributed by atoms with Gasteiger partial charge in [0, 0.05) is 11.3 Å². The smallest absolute Gasteiger partial charge is 0.251 e. The molecule has 0 aliphatic carbocycles. The van der Waals surface area contributed by atoms with E-state index in [4.69, 9.17) is 0 Å². The maximum absolute atomic E-state index is 12.1. The minimum atomic E-state index is -0.657. The minimum absolute atomic E-state index is 0.274. The molecule has 2 aromatic rings. The lowest BCUT2D eigenvalue weighted by atomic mass is 10.1. The number of carbonyl (C=O) groups is 2. The van der Waals surface area contributed by atoms with Crippen molar-refractivity contribution < 1.29 is 9.59 Å². The van der Waals surface area contributed by atoms with Gasteiger partial charge in [-0.25, -0.2) is 4.98 Å². The summed E-state index contributed by atoms with van der Waals surface area (Å²) in [6, 6.07) is 11.9. The van der Waals surface area contributed by atoms with E-state index in [-0.39, 0.29) is 11.8 Å². The topological polar surface area (TPSA) is 71.1 Å². The van der Waals surface area contributed by atoms with Gasteiger partial charge in [0.05, 0.1) is 0 Å².